The third kappa shape index (κ3) is 3.50. The first-order valence-electron chi connectivity index (χ1n) is 7.72. The van der Waals surface area contributed by atoms with Gasteiger partial charge in [0.1, 0.15) is 6.61 Å². The van der Waals surface area contributed by atoms with Gasteiger partial charge in [0, 0.05) is 21.6 Å². The molecule has 0 aliphatic heterocycles. The zero-order chi connectivity index (χ0) is 17.1. The van der Waals surface area contributed by atoms with Gasteiger partial charge in [0.05, 0.1) is 17.6 Å². The average molecular weight is 412 g/mol. The van der Waals surface area contributed by atoms with Gasteiger partial charge in [-0.25, -0.2) is 4.98 Å². The summed E-state index contributed by atoms with van der Waals surface area (Å²) in [5.74, 6) is 0. The third-order valence-electron chi connectivity index (χ3n) is 3.74. The van der Waals surface area contributed by atoms with Crippen LogP contribution in [0.5, 0.6) is 0 Å². The summed E-state index contributed by atoms with van der Waals surface area (Å²) in [7, 11) is 0. The van der Waals surface area contributed by atoms with E-state index < -0.39 is 0 Å². The smallest absolute Gasteiger partial charge is 0.194 e. The van der Waals surface area contributed by atoms with Crippen LogP contribution < -0.4 is 0 Å². The number of benzene rings is 2. The van der Waals surface area contributed by atoms with Crippen molar-refractivity contribution in [2.24, 2.45) is 5.16 Å². The van der Waals surface area contributed by atoms with Gasteiger partial charge in [-0.3, -0.25) is 4.40 Å². The predicted octanol–water partition coefficient (Wildman–Crippen LogP) is 5.38. The molecule has 0 spiro atoms. The van der Waals surface area contributed by atoms with Crippen molar-refractivity contribution in [2.45, 2.75) is 6.61 Å². The van der Waals surface area contributed by atoms with Crippen LogP contribution in [0.15, 0.2) is 75.8 Å². The van der Waals surface area contributed by atoms with Gasteiger partial charge in [0.2, 0.25) is 0 Å². The lowest BCUT2D eigenvalue weighted by atomic mass is 10.1. The topological polar surface area (TPSA) is 38.9 Å². The molecule has 2 aromatic carbocycles. The maximum atomic E-state index is 5.45. The van der Waals surface area contributed by atoms with Gasteiger partial charge in [0.15, 0.2) is 4.96 Å². The Morgan fingerprint density at radius 2 is 1.92 bits per heavy atom. The van der Waals surface area contributed by atoms with Crippen molar-refractivity contribution in [3.63, 3.8) is 0 Å². The SMILES string of the molecule is Brc1ccc(-c2nc3sccn3c2/C=N/OCc2ccccc2)cc1. The van der Waals surface area contributed by atoms with E-state index in [1.165, 1.54) is 0 Å². The van der Waals surface area contributed by atoms with Crippen LogP contribution in [-0.4, -0.2) is 15.6 Å². The Balaban J connectivity index is 1.61. The van der Waals surface area contributed by atoms with Crippen LogP contribution in [0.2, 0.25) is 0 Å². The highest BCUT2D eigenvalue weighted by Gasteiger charge is 2.13. The fourth-order valence-electron chi connectivity index (χ4n) is 2.52. The largest absolute Gasteiger partial charge is 0.391 e. The normalized spacial score (nSPS) is 11.4. The second-order valence-electron chi connectivity index (χ2n) is 5.40. The Morgan fingerprint density at radius 1 is 1.12 bits per heavy atom. The van der Waals surface area contributed by atoms with Crippen molar-refractivity contribution in [1.82, 2.24) is 9.38 Å². The lowest BCUT2D eigenvalue weighted by Gasteiger charge is -2.01. The maximum Gasteiger partial charge on any atom is 0.194 e. The van der Waals surface area contributed by atoms with Crippen molar-refractivity contribution in [1.29, 1.82) is 0 Å². The molecule has 0 saturated carbocycles. The minimum Gasteiger partial charge on any atom is -0.391 e. The minimum absolute atomic E-state index is 0.441. The van der Waals surface area contributed by atoms with Crippen LogP contribution in [0, 0.1) is 0 Å². The first-order valence-corrected chi connectivity index (χ1v) is 9.39. The number of halogens is 1. The lowest BCUT2D eigenvalue weighted by molar-refractivity contribution is 0.132. The van der Waals surface area contributed by atoms with Crippen molar-refractivity contribution in [3.8, 4) is 11.3 Å². The van der Waals surface area contributed by atoms with Crippen molar-refractivity contribution >= 4 is 38.4 Å². The first kappa shape index (κ1) is 16.1. The second kappa shape index (κ2) is 7.21. The average Bonchev–Trinajstić information content (AvgIpc) is 3.22. The fourth-order valence-corrected chi connectivity index (χ4v) is 3.51. The van der Waals surface area contributed by atoms with E-state index >= 15 is 0 Å². The van der Waals surface area contributed by atoms with Crippen LogP contribution in [0.25, 0.3) is 16.2 Å². The Morgan fingerprint density at radius 3 is 2.72 bits per heavy atom. The molecule has 0 aliphatic rings. The predicted molar refractivity (Wildman–Crippen MR) is 105 cm³/mol. The van der Waals surface area contributed by atoms with E-state index in [1.54, 1.807) is 17.6 Å². The highest BCUT2D eigenvalue weighted by Crippen LogP contribution is 2.26. The summed E-state index contributed by atoms with van der Waals surface area (Å²) in [6.45, 7) is 0.441. The van der Waals surface area contributed by atoms with E-state index in [2.05, 4.69) is 21.1 Å². The molecule has 0 amide bonds. The highest BCUT2D eigenvalue weighted by molar-refractivity contribution is 9.10. The standard InChI is InChI=1S/C19H14BrN3OS/c20-16-8-6-15(7-9-16)18-17(23-10-11-25-19(23)22-18)12-21-24-13-14-4-2-1-3-5-14/h1-12H,13H2/b21-12+. The van der Waals surface area contributed by atoms with Gasteiger partial charge < -0.3 is 4.84 Å². The molecule has 25 heavy (non-hydrogen) atoms. The van der Waals surface area contributed by atoms with Crippen LogP contribution in [0.3, 0.4) is 0 Å². The Hall–Kier alpha value is -2.44. The molecule has 0 bridgehead atoms. The molecule has 4 aromatic rings. The van der Waals surface area contributed by atoms with Gasteiger partial charge in [-0.15, -0.1) is 11.3 Å². The van der Waals surface area contributed by atoms with Gasteiger partial charge in [-0.1, -0.05) is 63.6 Å². The molecule has 0 fully saturated rings. The maximum absolute atomic E-state index is 5.45. The zero-order valence-corrected chi connectivity index (χ0v) is 15.6. The van der Waals surface area contributed by atoms with Crippen LogP contribution >= 0.6 is 27.3 Å². The number of oxime groups is 1. The molecule has 0 atom stereocenters. The second-order valence-corrected chi connectivity index (χ2v) is 7.19. The van der Waals surface area contributed by atoms with E-state index in [1.807, 2.05) is 70.6 Å². The highest BCUT2D eigenvalue weighted by atomic mass is 79.9. The number of thiazole rings is 1. The minimum atomic E-state index is 0.441. The van der Waals surface area contributed by atoms with Gasteiger partial charge in [0.25, 0.3) is 0 Å². The Labute approximate surface area is 157 Å². The Bertz CT molecular complexity index is 1010. The molecule has 2 heterocycles. The molecule has 4 rings (SSSR count). The number of rotatable bonds is 5. The molecule has 0 saturated heterocycles. The Kier molecular flexibility index (Phi) is 4.63. The van der Waals surface area contributed by atoms with Gasteiger partial charge in [-0.2, -0.15) is 0 Å². The molecule has 0 unspecified atom stereocenters. The number of aromatic nitrogens is 2. The molecule has 6 heteroatoms. The molecule has 0 aliphatic carbocycles. The number of imidazole rings is 1. The van der Waals surface area contributed by atoms with E-state index in [9.17, 15) is 0 Å². The molecular formula is C19H14BrN3OS. The quantitative estimate of drug-likeness (QED) is 0.326. The zero-order valence-electron chi connectivity index (χ0n) is 13.2. The molecule has 2 aromatic heterocycles. The summed E-state index contributed by atoms with van der Waals surface area (Å²) in [6.07, 6.45) is 3.72. The third-order valence-corrected chi connectivity index (χ3v) is 5.03. The van der Waals surface area contributed by atoms with Crippen LogP contribution in [-0.2, 0) is 11.4 Å². The van der Waals surface area contributed by atoms with Crippen LogP contribution in [0.4, 0.5) is 0 Å². The molecule has 124 valence electrons. The number of nitrogens with zero attached hydrogens (tertiary/aromatic N) is 3. The lowest BCUT2D eigenvalue weighted by Crippen LogP contribution is -1.93. The van der Waals surface area contributed by atoms with Gasteiger partial charge in [-0.05, 0) is 17.7 Å². The molecule has 0 radical (unpaired) electrons. The summed E-state index contributed by atoms with van der Waals surface area (Å²) in [5, 5.41) is 6.16. The van der Waals surface area contributed by atoms with E-state index in [0.717, 1.165) is 31.9 Å². The van der Waals surface area contributed by atoms with Crippen molar-refractivity contribution in [2.75, 3.05) is 0 Å². The molecule has 0 N–H and O–H groups in total. The summed E-state index contributed by atoms with van der Waals surface area (Å²) in [6, 6.07) is 18.1. The van der Waals surface area contributed by atoms with E-state index in [0.29, 0.717) is 6.61 Å². The number of hydrogen-bond donors (Lipinski definition) is 0. The van der Waals surface area contributed by atoms with E-state index in [-0.39, 0.29) is 0 Å². The van der Waals surface area contributed by atoms with Crippen LogP contribution in [0.1, 0.15) is 11.3 Å². The van der Waals surface area contributed by atoms with Crippen molar-refractivity contribution in [3.05, 3.63) is 81.9 Å². The molecular weight excluding hydrogens is 398 g/mol. The summed E-state index contributed by atoms with van der Waals surface area (Å²) < 4.78 is 3.07. The molecule has 4 nitrogen and oxygen atoms in total. The summed E-state index contributed by atoms with van der Waals surface area (Å²) >= 11 is 5.06. The van der Waals surface area contributed by atoms with Crippen molar-refractivity contribution < 1.29 is 4.84 Å². The monoisotopic (exact) mass is 411 g/mol. The summed E-state index contributed by atoms with van der Waals surface area (Å²) in [4.78, 5) is 11.1. The summed E-state index contributed by atoms with van der Waals surface area (Å²) in [5.41, 5.74) is 3.93. The first-order chi connectivity index (χ1) is 12.3. The fraction of sp³-hybridized carbons (Fsp3) is 0.0526. The van der Waals surface area contributed by atoms with Gasteiger partial charge >= 0.3 is 0 Å². The number of hydrogen-bond acceptors (Lipinski definition) is 4. The van der Waals surface area contributed by atoms with E-state index in [4.69, 9.17) is 9.82 Å². The number of fused-ring (bicyclic) bond motifs is 1.